The van der Waals surface area contributed by atoms with E-state index in [-0.39, 0.29) is 5.78 Å². The molecule has 13 heavy (non-hydrogen) atoms. The SMILES string of the molecule is O=C1c2ccccc2OC(Cl)C1Cl. The zero-order chi connectivity index (χ0) is 9.42. The number of benzene rings is 1. The Balaban J connectivity index is 2.49. The molecular formula is C9H6Cl2O2. The van der Waals surface area contributed by atoms with Gasteiger partial charge in [-0.1, -0.05) is 23.7 Å². The molecule has 2 nitrogen and oxygen atoms in total. The highest BCUT2D eigenvalue weighted by Crippen LogP contribution is 2.31. The van der Waals surface area contributed by atoms with Crippen LogP contribution < -0.4 is 4.74 Å². The number of hydrogen-bond acceptors (Lipinski definition) is 2. The second-order valence-electron chi connectivity index (χ2n) is 2.73. The molecule has 0 bridgehead atoms. The van der Waals surface area contributed by atoms with Crippen molar-refractivity contribution in [3.05, 3.63) is 29.8 Å². The maximum absolute atomic E-state index is 11.5. The minimum absolute atomic E-state index is 0.177. The van der Waals surface area contributed by atoms with Gasteiger partial charge in [0.15, 0.2) is 11.3 Å². The van der Waals surface area contributed by atoms with Crippen LogP contribution in [0.5, 0.6) is 5.75 Å². The highest BCUT2D eigenvalue weighted by molar-refractivity contribution is 6.40. The number of carbonyl (C=O) groups excluding carboxylic acids is 1. The van der Waals surface area contributed by atoms with E-state index in [1.54, 1.807) is 24.3 Å². The van der Waals surface area contributed by atoms with Crippen LogP contribution in [0.15, 0.2) is 24.3 Å². The maximum Gasteiger partial charge on any atom is 0.195 e. The average Bonchev–Trinajstić information content (AvgIpc) is 2.15. The fourth-order valence-corrected chi connectivity index (χ4v) is 1.60. The predicted molar refractivity (Wildman–Crippen MR) is 50.7 cm³/mol. The Bertz CT molecular complexity index is 351. The van der Waals surface area contributed by atoms with E-state index < -0.39 is 10.9 Å². The lowest BCUT2D eigenvalue weighted by molar-refractivity contribution is 0.0921. The molecule has 68 valence electrons. The van der Waals surface area contributed by atoms with E-state index >= 15 is 0 Å². The summed E-state index contributed by atoms with van der Waals surface area (Å²) in [7, 11) is 0. The minimum Gasteiger partial charge on any atom is -0.472 e. The van der Waals surface area contributed by atoms with E-state index in [1.807, 2.05) is 0 Å². The molecular weight excluding hydrogens is 211 g/mol. The first-order chi connectivity index (χ1) is 6.20. The van der Waals surface area contributed by atoms with Crippen LogP contribution in [-0.4, -0.2) is 16.7 Å². The highest BCUT2D eigenvalue weighted by atomic mass is 35.5. The van der Waals surface area contributed by atoms with Gasteiger partial charge in [-0.05, 0) is 12.1 Å². The smallest absolute Gasteiger partial charge is 0.195 e. The van der Waals surface area contributed by atoms with Crippen molar-refractivity contribution in [1.29, 1.82) is 0 Å². The molecule has 2 rings (SSSR count). The molecule has 1 aliphatic heterocycles. The number of rotatable bonds is 0. The number of ether oxygens (including phenoxy) is 1. The number of hydrogen-bond donors (Lipinski definition) is 0. The van der Waals surface area contributed by atoms with Crippen LogP contribution in [0.4, 0.5) is 0 Å². The van der Waals surface area contributed by atoms with Crippen LogP contribution in [0.25, 0.3) is 0 Å². The Morgan fingerprint density at radius 3 is 2.69 bits per heavy atom. The number of fused-ring (bicyclic) bond motifs is 1. The van der Waals surface area contributed by atoms with E-state index in [9.17, 15) is 4.79 Å². The quantitative estimate of drug-likeness (QED) is 0.624. The van der Waals surface area contributed by atoms with Crippen LogP contribution in [0.1, 0.15) is 10.4 Å². The third kappa shape index (κ3) is 1.40. The summed E-state index contributed by atoms with van der Waals surface area (Å²) < 4.78 is 5.23. The predicted octanol–water partition coefficient (Wildman–Crippen LogP) is 2.43. The first kappa shape index (κ1) is 8.85. The first-order valence-corrected chi connectivity index (χ1v) is 4.65. The summed E-state index contributed by atoms with van der Waals surface area (Å²) in [6.45, 7) is 0. The van der Waals surface area contributed by atoms with E-state index in [1.165, 1.54) is 0 Å². The van der Waals surface area contributed by atoms with Crippen LogP contribution in [0.2, 0.25) is 0 Å². The normalized spacial score (nSPS) is 26.5. The zero-order valence-electron chi connectivity index (χ0n) is 6.54. The topological polar surface area (TPSA) is 26.3 Å². The van der Waals surface area contributed by atoms with Crippen LogP contribution in [0.3, 0.4) is 0 Å². The molecule has 1 aliphatic rings. The standard InChI is InChI=1S/C9H6Cl2O2/c10-7-8(12)5-3-1-2-4-6(5)13-9(7)11/h1-4,7,9H. The fraction of sp³-hybridized carbons (Fsp3) is 0.222. The van der Waals surface area contributed by atoms with Gasteiger partial charge in [-0.25, -0.2) is 0 Å². The van der Waals surface area contributed by atoms with Gasteiger partial charge in [-0.2, -0.15) is 0 Å². The second kappa shape index (κ2) is 3.20. The van der Waals surface area contributed by atoms with Gasteiger partial charge >= 0.3 is 0 Å². The number of alkyl halides is 2. The Morgan fingerprint density at radius 1 is 1.23 bits per heavy atom. The largest absolute Gasteiger partial charge is 0.472 e. The van der Waals surface area contributed by atoms with Gasteiger partial charge in [0.05, 0.1) is 5.56 Å². The summed E-state index contributed by atoms with van der Waals surface area (Å²) >= 11 is 11.5. The Labute approximate surface area is 85.4 Å². The minimum atomic E-state index is -0.795. The molecule has 1 aromatic carbocycles. The van der Waals surface area contributed by atoms with Gasteiger partial charge in [0.25, 0.3) is 0 Å². The molecule has 0 fully saturated rings. The fourth-order valence-electron chi connectivity index (χ4n) is 1.22. The number of ketones is 1. The zero-order valence-corrected chi connectivity index (χ0v) is 8.05. The van der Waals surface area contributed by atoms with Crippen LogP contribution >= 0.6 is 23.2 Å². The maximum atomic E-state index is 11.5. The Kier molecular flexibility index (Phi) is 2.18. The monoisotopic (exact) mass is 216 g/mol. The molecule has 0 aliphatic carbocycles. The van der Waals surface area contributed by atoms with Gasteiger partial charge in [0.2, 0.25) is 0 Å². The van der Waals surface area contributed by atoms with Crippen molar-refractivity contribution in [2.24, 2.45) is 0 Å². The summed E-state index contributed by atoms with van der Waals surface area (Å²) in [4.78, 5) is 11.5. The summed E-state index contributed by atoms with van der Waals surface area (Å²) in [5.74, 6) is 0.327. The first-order valence-electron chi connectivity index (χ1n) is 3.78. The van der Waals surface area contributed by atoms with Crippen molar-refractivity contribution in [2.45, 2.75) is 10.9 Å². The van der Waals surface area contributed by atoms with Crippen molar-refractivity contribution in [2.75, 3.05) is 0 Å². The number of para-hydroxylation sites is 1. The molecule has 0 saturated carbocycles. The second-order valence-corrected chi connectivity index (χ2v) is 3.63. The Hall–Kier alpha value is -0.730. The van der Waals surface area contributed by atoms with Gasteiger partial charge in [0.1, 0.15) is 11.1 Å². The third-order valence-electron chi connectivity index (χ3n) is 1.87. The molecule has 1 aromatic rings. The molecule has 0 aromatic heterocycles. The summed E-state index contributed by atoms with van der Waals surface area (Å²) in [5.41, 5.74) is -0.275. The third-order valence-corrected chi connectivity index (χ3v) is 2.77. The van der Waals surface area contributed by atoms with Gasteiger partial charge in [-0.15, -0.1) is 11.6 Å². The number of Topliss-reactive ketones (excluding diaryl/α,β-unsaturated/α-hetero) is 1. The molecule has 0 saturated heterocycles. The molecule has 0 radical (unpaired) electrons. The molecule has 0 amide bonds. The van der Waals surface area contributed by atoms with Gasteiger partial charge in [-0.3, -0.25) is 4.79 Å². The molecule has 2 unspecified atom stereocenters. The van der Waals surface area contributed by atoms with Gasteiger partial charge in [0, 0.05) is 0 Å². The molecule has 1 heterocycles. The molecule has 0 N–H and O–H groups in total. The molecule has 2 atom stereocenters. The lowest BCUT2D eigenvalue weighted by Crippen LogP contribution is -2.34. The van der Waals surface area contributed by atoms with Crippen molar-refractivity contribution in [1.82, 2.24) is 0 Å². The number of halogens is 2. The van der Waals surface area contributed by atoms with E-state index in [0.29, 0.717) is 11.3 Å². The van der Waals surface area contributed by atoms with E-state index in [0.717, 1.165) is 0 Å². The summed E-state index contributed by atoms with van der Waals surface area (Å²) in [6, 6.07) is 6.92. The molecule has 4 heteroatoms. The van der Waals surface area contributed by atoms with Crippen molar-refractivity contribution >= 4 is 29.0 Å². The van der Waals surface area contributed by atoms with Crippen LogP contribution in [0, 0.1) is 0 Å². The van der Waals surface area contributed by atoms with Crippen molar-refractivity contribution in [3.8, 4) is 5.75 Å². The summed E-state index contributed by atoms with van der Waals surface area (Å²) in [6.07, 6.45) is 0. The lowest BCUT2D eigenvalue weighted by atomic mass is 10.1. The summed E-state index contributed by atoms with van der Waals surface area (Å²) in [5, 5.41) is -0.795. The van der Waals surface area contributed by atoms with Crippen LogP contribution in [-0.2, 0) is 0 Å². The van der Waals surface area contributed by atoms with E-state index in [2.05, 4.69) is 0 Å². The average molecular weight is 217 g/mol. The highest BCUT2D eigenvalue weighted by Gasteiger charge is 2.34. The lowest BCUT2D eigenvalue weighted by Gasteiger charge is -2.24. The van der Waals surface area contributed by atoms with E-state index in [4.69, 9.17) is 27.9 Å². The van der Waals surface area contributed by atoms with Crippen molar-refractivity contribution in [3.63, 3.8) is 0 Å². The molecule has 0 spiro atoms. The Morgan fingerprint density at radius 2 is 1.92 bits per heavy atom. The van der Waals surface area contributed by atoms with Gasteiger partial charge < -0.3 is 4.74 Å². The van der Waals surface area contributed by atoms with Crippen molar-refractivity contribution < 1.29 is 9.53 Å². The number of carbonyl (C=O) groups is 1.